The molecule has 2 nitrogen and oxygen atoms in total. The largest absolute Gasteiger partial charge is 0.454 e. The maximum atomic E-state index is 11.2. The summed E-state index contributed by atoms with van der Waals surface area (Å²) in [6.45, 7) is 4.04. The van der Waals surface area contributed by atoms with E-state index < -0.39 is 0 Å². The summed E-state index contributed by atoms with van der Waals surface area (Å²) in [6.07, 6.45) is 5.97. The van der Waals surface area contributed by atoms with Gasteiger partial charge in [-0.05, 0) is 42.4 Å². The van der Waals surface area contributed by atoms with Crippen molar-refractivity contribution in [3.05, 3.63) is 9.15 Å². The van der Waals surface area contributed by atoms with Crippen LogP contribution in [0.2, 0.25) is 0 Å². The molecule has 0 bridgehead atoms. The van der Waals surface area contributed by atoms with E-state index in [9.17, 15) is 4.79 Å². The first-order valence-electron chi connectivity index (χ1n) is 5.24. The van der Waals surface area contributed by atoms with Crippen molar-refractivity contribution < 1.29 is 9.53 Å². The van der Waals surface area contributed by atoms with Crippen LogP contribution in [-0.4, -0.2) is 12.1 Å². The average molecular weight is 308 g/mol. The molecule has 1 rings (SSSR count). The summed E-state index contributed by atoms with van der Waals surface area (Å²) >= 11 is 2.23. The molecule has 0 saturated carbocycles. The first-order chi connectivity index (χ1) is 6.66. The van der Waals surface area contributed by atoms with Gasteiger partial charge < -0.3 is 4.74 Å². The number of carbonyl (C=O) groups excluding carboxylic acids is 1. The molecular weight excluding hydrogens is 291 g/mol. The minimum Gasteiger partial charge on any atom is -0.454 e. The van der Waals surface area contributed by atoms with Gasteiger partial charge in [-0.3, -0.25) is 0 Å². The maximum Gasteiger partial charge on any atom is 0.335 e. The lowest BCUT2D eigenvalue weighted by molar-refractivity contribution is -0.139. The molecule has 0 radical (unpaired) electrons. The standard InChI is InChI=1S/C11H17IO2/c1-3-4-5-6-7-9-10(12)8(2)11(13)14-9/h9H,3-7H2,1-2H3. The van der Waals surface area contributed by atoms with Crippen molar-refractivity contribution in [3.8, 4) is 0 Å². The predicted molar refractivity (Wildman–Crippen MR) is 65.4 cm³/mol. The highest BCUT2D eigenvalue weighted by Gasteiger charge is 2.28. The number of halogens is 1. The third kappa shape index (κ3) is 2.97. The Labute approximate surface area is 99.2 Å². The molecule has 0 amide bonds. The molecule has 0 aliphatic carbocycles. The van der Waals surface area contributed by atoms with Gasteiger partial charge in [0.2, 0.25) is 0 Å². The summed E-state index contributed by atoms with van der Waals surface area (Å²) in [6, 6.07) is 0. The van der Waals surface area contributed by atoms with Crippen LogP contribution in [0.15, 0.2) is 9.15 Å². The predicted octanol–water partition coefficient (Wildman–Crippen LogP) is 3.59. The van der Waals surface area contributed by atoms with Crippen molar-refractivity contribution in [1.29, 1.82) is 0 Å². The average Bonchev–Trinajstić information content (AvgIpc) is 2.41. The summed E-state index contributed by atoms with van der Waals surface area (Å²) in [7, 11) is 0. The molecule has 0 N–H and O–H groups in total. The zero-order valence-electron chi connectivity index (χ0n) is 8.81. The molecule has 3 heteroatoms. The maximum absolute atomic E-state index is 11.2. The van der Waals surface area contributed by atoms with E-state index in [4.69, 9.17) is 4.74 Å². The van der Waals surface area contributed by atoms with Crippen molar-refractivity contribution in [2.75, 3.05) is 0 Å². The zero-order chi connectivity index (χ0) is 10.6. The number of hydrogen-bond donors (Lipinski definition) is 0. The Kier molecular flexibility index (Phi) is 4.92. The Hall–Kier alpha value is -0.0600. The lowest BCUT2D eigenvalue weighted by Gasteiger charge is -2.09. The van der Waals surface area contributed by atoms with Crippen molar-refractivity contribution in [3.63, 3.8) is 0 Å². The van der Waals surface area contributed by atoms with Crippen LogP contribution in [0.25, 0.3) is 0 Å². The topological polar surface area (TPSA) is 26.3 Å². The molecule has 1 unspecified atom stereocenters. The second kappa shape index (κ2) is 5.73. The van der Waals surface area contributed by atoms with Crippen molar-refractivity contribution in [2.45, 2.75) is 52.1 Å². The highest BCUT2D eigenvalue weighted by Crippen LogP contribution is 2.30. The normalized spacial score (nSPS) is 21.6. The minimum atomic E-state index is -0.130. The number of unbranched alkanes of at least 4 members (excludes halogenated alkanes) is 3. The van der Waals surface area contributed by atoms with Crippen LogP contribution >= 0.6 is 22.6 Å². The number of hydrogen-bond acceptors (Lipinski definition) is 2. The first kappa shape index (κ1) is 12.0. The third-order valence-corrected chi connectivity index (χ3v) is 4.02. The van der Waals surface area contributed by atoms with Crippen LogP contribution in [0.4, 0.5) is 0 Å². The van der Waals surface area contributed by atoms with Crippen molar-refractivity contribution >= 4 is 28.6 Å². The Morgan fingerprint density at radius 2 is 2.07 bits per heavy atom. The van der Waals surface area contributed by atoms with Gasteiger partial charge in [-0.2, -0.15) is 0 Å². The molecule has 0 fully saturated rings. The van der Waals surface area contributed by atoms with E-state index in [-0.39, 0.29) is 12.1 Å². The lowest BCUT2D eigenvalue weighted by Crippen LogP contribution is -2.09. The number of carbonyl (C=O) groups is 1. The number of rotatable bonds is 5. The summed E-state index contributed by atoms with van der Waals surface area (Å²) < 4.78 is 6.35. The minimum absolute atomic E-state index is 0.0555. The van der Waals surface area contributed by atoms with Crippen molar-refractivity contribution in [1.82, 2.24) is 0 Å². The van der Waals surface area contributed by atoms with Crippen LogP contribution in [-0.2, 0) is 9.53 Å². The van der Waals surface area contributed by atoms with E-state index in [0.717, 1.165) is 22.0 Å². The van der Waals surface area contributed by atoms with Crippen LogP contribution in [0.1, 0.15) is 46.0 Å². The molecule has 0 aromatic rings. The molecule has 80 valence electrons. The van der Waals surface area contributed by atoms with Gasteiger partial charge in [-0.15, -0.1) is 0 Å². The SMILES string of the molecule is CCCCCCC1OC(=O)C(C)=C1I. The monoisotopic (exact) mass is 308 g/mol. The van der Waals surface area contributed by atoms with Gasteiger partial charge in [0.05, 0.1) is 0 Å². The quantitative estimate of drug-likeness (QED) is 0.441. The van der Waals surface area contributed by atoms with Gasteiger partial charge in [0, 0.05) is 9.15 Å². The molecule has 14 heavy (non-hydrogen) atoms. The second-order valence-corrected chi connectivity index (χ2v) is 4.88. The fraction of sp³-hybridized carbons (Fsp3) is 0.727. The molecule has 0 aromatic heterocycles. The molecular formula is C11H17IO2. The van der Waals surface area contributed by atoms with Crippen LogP contribution in [0.3, 0.4) is 0 Å². The molecule has 1 heterocycles. The molecule has 1 atom stereocenters. The van der Waals surface area contributed by atoms with Crippen LogP contribution < -0.4 is 0 Å². The molecule has 0 aromatic carbocycles. The summed E-state index contributed by atoms with van der Waals surface area (Å²) in [4.78, 5) is 11.2. The smallest absolute Gasteiger partial charge is 0.335 e. The van der Waals surface area contributed by atoms with E-state index in [1.807, 2.05) is 6.92 Å². The van der Waals surface area contributed by atoms with E-state index in [0.29, 0.717) is 0 Å². The Morgan fingerprint density at radius 3 is 2.57 bits per heavy atom. The van der Waals surface area contributed by atoms with Gasteiger partial charge in [-0.1, -0.05) is 26.2 Å². The molecule has 0 spiro atoms. The third-order valence-electron chi connectivity index (χ3n) is 2.52. The van der Waals surface area contributed by atoms with Crippen molar-refractivity contribution in [2.24, 2.45) is 0 Å². The summed E-state index contributed by atoms with van der Waals surface area (Å²) in [5.74, 6) is -0.130. The number of ether oxygens (including phenoxy) is 1. The fourth-order valence-corrected chi connectivity index (χ4v) is 2.21. The Morgan fingerprint density at radius 1 is 1.36 bits per heavy atom. The highest BCUT2D eigenvalue weighted by atomic mass is 127. The summed E-state index contributed by atoms with van der Waals surface area (Å²) in [5.41, 5.74) is 0.797. The zero-order valence-corrected chi connectivity index (χ0v) is 11.0. The van der Waals surface area contributed by atoms with E-state index in [2.05, 4.69) is 29.5 Å². The summed E-state index contributed by atoms with van der Waals surface area (Å²) in [5, 5.41) is 0. The Bertz CT molecular complexity index is 246. The Balaban J connectivity index is 2.30. The van der Waals surface area contributed by atoms with Gasteiger partial charge in [0.25, 0.3) is 0 Å². The van der Waals surface area contributed by atoms with Gasteiger partial charge in [0.15, 0.2) is 0 Å². The fourth-order valence-electron chi connectivity index (χ4n) is 1.55. The van der Waals surface area contributed by atoms with Gasteiger partial charge in [0.1, 0.15) is 6.10 Å². The molecule has 1 aliphatic heterocycles. The first-order valence-corrected chi connectivity index (χ1v) is 6.32. The number of esters is 1. The number of cyclic esters (lactones) is 1. The highest BCUT2D eigenvalue weighted by molar-refractivity contribution is 14.1. The molecule has 1 aliphatic rings. The van der Waals surface area contributed by atoms with Gasteiger partial charge in [-0.25, -0.2) is 4.79 Å². The second-order valence-electron chi connectivity index (χ2n) is 3.72. The van der Waals surface area contributed by atoms with Crippen LogP contribution in [0.5, 0.6) is 0 Å². The van der Waals surface area contributed by atoms with E-state index >= 15 is 0 Å². The van der Waals surface area contributed by atoms with E-state index in [1.54, 1.807) is 0 Å². The van der Waals surface area contributed by atoms with Crippen LogP contribution in [0, 0.1) is 0 Å². The lowest BCUT2D eigenvalue weighted by atomic mass is 10.1. The molecule has 0 saturated heterocycles. The van der Waals surface area contributed by atoms with E-state index in [1.165, 1.54) is 19.3 Å². The van der Waals surface area contributed by atoms with Gasteiger partial charge >= 0.3 is 5.97 Å².